The van der Waals surface area contributed by atoms with E-state index in [-0.39, 0.29) is 12.0 Å². The Morgan fingerprint density at radius 2 is 1.96 bits per heavy atom. The standard InChI is InChI=1S/C18H17F3N2O/c19-18(20,21)9-7-12-3-1-2-4-15(12)17(24)23-14-5-6-16-13(11-14)8-10-22-16/h1-6,11,22H,7-10H2,(H,23,24). The molecule has 2 aromatic carbocycles. The Balaban J connectivity index is 1.75. The van der Waals surface area contributed by atoms with E-state index in [4.69, 9.17) is 0 Å². The summed E-state index contributed by atoms with van der Waals surface area (Å²) >= 11 is 0. The van der Waals surface area contributed by atoms with Crippen LogP contribution in [0.5, 0.6) is 0 Å². The number of benzene rings is 2. The van der Waals surface area contributed by atoms with Gasteiger partial charge in [0.1, 0.15) is 0 Å². The number of anilines is 2. The van der Waals surface area contributed by atoms with Gasteiger partial charge in [0.25, 0.3) is 5.91 Å². The fourth-order valence-electron chi connectivity index (χ4n) is 2.82. The molecular weight excluding hydrogens is 317 g/mol. The van der Waals surface area contributed by atoms with Gasteiger partial charge in [-0.15, -0.1) is 0 Å². The summed E-state index contributed by atoms with van der Waals surface area (Å²) in [6, 6.07) is 12.0. The van der Waals surface area contributed by atoms with E-state index in [2.05, 4.69) is 10.6 Å². The van der Waals surface area contributed by atoms with Crippen molar-refractivity contribution in [3.8, 4) is 0 Å². The van der Waals surface area contributed by atoms with Gasteiger partial charge in [0.15, 0.2) is 0 Å². The predicted octanol–water partition coefficient (Wildman–Crippen LogP) is 4.40. The van der Waals surface area contributed by atoms with Crippen LogP contribution in [-0.4, -0.2) is 18.6 Å². The summed E-state index contributed by atoms with van der Waals surface area (Å²) in [5, 5.41) is 6.01. The number of carbonyl (C=O) groups is 1. The number of carbonyl (C=O) groups excluding carboxylic acids is 1. The maximum atomic E-state index is 12.5. The van der Waals surface area contributed by atoms with E-state index in [1.165, 1.54) is 0 Å². The number of hydrogen-bond donors (Lipinski definition) is 2. The summed E-state index contributed by atoms with van der Waals surface area (Å²) in [4.78, 5) is 12.5. The highest BCUT2D eigenvalue weighted by atomic mass is 19.4. The third kappa shape index (κ3) is 3.88. The summed E-state index contributed by atoms with van der Waals surface area (Å²) in [5.74, 6) is -0.390. The molecule has 24 heavy (non-hydrogen) atoms. The third-order valence-electron chi connectivity index (χ3n) is 4.01. The number of alkyl halides is 3. The van der Waals surface area contributed by atoms with Crippen LogP contribution in [0.25, 0.3) is 0 Å². The Morgan fingerprint density at radius 1 is 1.17 bits per heavy atom. The van der Waals surface area contributed by atoms with Crippen LogP contribution in [0, 0.1) is 0 Å². The first-order valence-electron chi connectivity index (χ1n) is 7.75. The first-order valence-corrected chi connectivity index (χ1v) is 7.75. The summed E-state index contributed by atoms with van der Waals surface area (Å²) in [5.41, 5.74) is 3.50. The summed E-state index contributed by atoms with van der Waals surface area (Å²) < 4.78 is 37.3. The molecule has 0 aromatic heterocycles. The largest absolute Gasteiger partial charge is 0.389 e. The van der Waals surface area contributed by atoms with Crippen molar-refractivity contribution in [3.63, 3.8) is 0 Å². The molecule has 1 aliphatic rings. The highest BCUT2D eigenvalue weighted by Crippen LogP contribution is 2.26. The number of fused-ring (bicyclic) bond motifs is 1. The summed E-state index contributed by atoms with van der Waals surface area (Å²) in [7, 11) is 0. The summed E-state index contributed by atoms with van der Waals surface area (Å²) in [6.07, 6.45) is -4.50. The number of hydrogen-bond acceptors (Lipinski definition) is 2. The van der Waals surface area contributed by atoms with Crippen molar-refractivity contribution < 1.29 is 18.0 Å². The van der Waals surface area contributed by atoms with Gasteiger partial charge in [-0.25, -0.2) is 0 Å². The molecule has 1 amide bonds. The van der Waals surface area contributed by atoms with Gasteiger partial charge < -0.3 is 10.6 Å². The Kier molecular flexibility index (Phi) is 4.46. The number of rotatable bonds is 4. The molecule has 1 aliphatic heterocycles. The number of amides is 1. The third-order valence-corrected chi connectivity index (χ3v) is 4.01. The van der Waals surface area contributed by atoms with Crippen LogP contribution in [0.1, 0.15) is 27.9 Å². The molecule has 2 aromatic rings. The number of nitrogens with one attached hydrogen (secondary N) is 2. The minimum Gasteiger partial charge on any atom is -0.384 e. The first-order chi connectivity index (χ1) is 11.4. The van der Waals surface area contributed by atoms with Gasteiger partial charge in [0.05, 0.1) is 0 Å². The zero-order valence-corrected chi connectivity index (χ0v) is 12.9. The molecule has 0 saturated carbocycles. The second-order valence-corrected chi connectivity index (χ2v) is 5.78. The maximum Gasteiger partial charge on any atom is 0.389 e. The highest BCUT2D eigenvalue weighted by Gasteiger charge is 2.27. The molecule has 3 nitrogen and oxygen atoms in total. The van der Waals surface area contributed by atoms with Crippen LogP contribution in [-0.2, 0) is 12.8 Å². The average Bonchev–Trinajstić information content (AvgIpc) is 3.00. The Bertz CT molecular complexity index is 756. The number of aryl methyl sites for hydroxylation is 1. The van der Waals surface area contributed by atoms with Crippen LogP contribution in [0.15, 0.2) is 42.5 Å². The highest BCUT2D eigenvalue weighted by molar-refractivity contribution is 6.05. The second kappa shape index (κ2) is 6.55. The SMILES string of the molecule is O=C(Nc1ccc2c(c1)CCN2)c1ccccc1CCC(F)(F)F. The van der Waals surface area contributed by atoms with Gasteiger partial charge in [-0.1, -0.05) is 18.2 Å². The van der Waals surface area contributed by atoms with Gasteiger partial charge in [0, 0.05) is 29.9 Å². The lowest BCUT2D eigenvalue weighted by atomic mass is 10.0. The molecule has 0 unspecified atom stereocenters. The quantitative estimate of drug-likeness (QED) is 0.870. The summed E-state index contributed by atoms with van der Waals surface area (Å²) in [6.45, 7) is 0.868. The minimum atomic E-state index is -4.24. The fraction of sp³-hybridized carbons (Fsp3) is 0.278. The van der Waals surface area contributed by atoms with E-state index in [0.29, 0.717) is 11.3 Å². The van der Waals surface area contributed by atoms with Crippen molar-refractivity contribution in [2.45, 2.75) is 25.4 Å². The normalized spacial score (nSPS) is 13.3. The van der Waals surface area contributed by atoms with Crippen LogP contribution >= 0.6 is 0 Å². The zero-order chi connectivity index (χ0) is 17.2. The van der Waals surface area contributed by atoms with Crippen LogP contribution in [0.3, 0.4) is 0 Å². The lowest BCUT2D eigenvalue weighted by Gasteiger charge is -2.12. The first kappa shape index (κ1) is 16.4. The minimum absolute atomic E-state index is 0.207. The van der Waals surface area contributed by atoms with E-state index in [1.54, 1.807) is 30.3 Å². The van der Waals surface area contributed by atoms with Crippen molar-refractivity contribution in [2.75, 3.05) is 17.2 Å². The van der Waals surface area contributed by atoms with Gasteiger partial charge >= 0.3 is 6.18 Å². The molecule has 126 valence electrons. The van der Waals surface area contributed by atoms with E-state index < -0.39 is 18.5 Å². The second-order valence-electron chi connectivity index (χ2n) is 5.78. The van der Waals surface area contributed by atoms with Gasteiger partial charge in [-0.3, -0.25) is 4.79 Å². The molecule has 0 fully saturated rings. The molecule has 0 saturated heterocycles. The number of halogens is 3. The van der Waals surface area contributed by atoms with E-state index in [0.717, 1.165) is 24.2 Å². The molecule has 0 spiro atoms. The van der Waals surface area contributed by atoms with Gasteiger partial charge in [-0.2, -0.15) is 13.2 Å². The molecule has 6 heteroatoms. The topological polar surface area (TPSA) is 41.1 Å². The monoisotopic (exact) mass is 334 g/mol. The average molecular weight is 334 g/mol. The van der Waals surface area contributed by atoms with Crippen molar-refractivity contribution in [1.82, 2.24) is 0 Å². The van der Waals surface area contributed by atoms with E-state index in [1.807, 2.05) is 12.1 Å². The van der Waals surface area contributed by atoms with Crippen molar-refractivity contribution in [2.24, 2.45) is 0 Å². The van der Waals surface area contributed by atoms with Crippen molar-refractivity contribution in [3.05, 3.63) is 59.2 Å². The predicted molar refractivity (Wildman–Crippen MR) is 87.4 cm³/mol. The van der Waals surface area contributed by atoms with Gasteiger partial charge in [-0.05, 0) is 48.2 Å². The van der Waals surface area contributed by atoms with Crippen LogP contribution in [0.4, 0.5) is 24.5 Å². The Labute approximate surface area is 137 Å². The van der Waals surface area contributed by atoms with Crippen molar-refractivity contribution >= 4 is 17.3 Å². The van der Waals surface area contributed by atoms with Gasteiger partial charge in [0.2, 0.25) is 0 Å². The lowest BCUT2D eigenvalue weighted by molar-refractivity contribution is -0.134. The van der Waals surface area contributed by atoms with Crippen molar-refractivity contribution in [1.29, 1.82) is 0 Å². The molecule has 0 radical (unpaired) electrons. The smallest absolute Gasteiger partial charge is 0.384 e. The van der Waals surface area contributed by atoms with Crippen LogP contribution in [0.2, 0.25) is 0 Å². The molecule has 3 rings (SSSR count). The molecule has 1 heterocycles. The molecule has 0 atom stereocenters. The van der Waals surface area contributed by atoms with Crippen LogP contribution < -0.4 is 10.6 Å². The fourth-order valence-corrected chi connectivity index (χ4v) is 2.82. The van der Waals surface area contributed by atoms with E-state index in [9.17, 15) is 18.0 Å². The molecule has 0 aliphatic carbocycles. The zero-order valence-electron chi connectivity index (χ0n) is 12.9. The molecule has 0 bridgehead atoms. The Hall–Kier alpha value is -2.50. The molecule has 2 N–H and O–H groups in total. The molecular formula is C18H17F3N2O. The maximum absolute atomic E-state index is 12.5. The Morgan fingerprint density at radius 3 is 2.75 bits per heavy atom. The van der Waals surface area contributed by atoms with E-state index >= 15 is 0 Å². The lowest BCUT2D eigenvalue weighted by Crippen LogP contribution is -2.16.